The van der Waals surface area contributed by atoms with Gasteiger partial charge in [-0.05, 0) is 30.7 Å². The van der Waals surface area contributed by atoms with E-state index in [-0.39, 0.29) is 12.0 Å². The minimum atomic E-state index is -1.09. The Morgan fingerprint density at radius 1 is 1.28 bits per heavy atom. The molecule has 0 aliphatic carbocycles. The second-order valence-electron chi connectivity index (χ2n) is 6.60. The molecule has 29 heavy (non-hydrogen) atoms. The van der Waals surface area contributed by atoms with Gasteiger partial charge in [0.2, 0.25) is 0 Å². The molecule has 4 aromatic rings. The maximum atomic E-state index is 12.8. The summed E-state index contributed by atoms with van der Waals surface area (Å²) in [6.07, 6.45) is 2.91. The van der Waals surface area contributed by atoms with Crippen LogP contribution in [0.25, 0.3) is 27.7 Å². The summed E-state index contributed by atoms with van der Waals surface area (Å²) in [5.74, 6) is -1.09. The predicted octanol–water partition coefficient (Wildman–Crippen LogP) is 3.16. The lowest BCUT2D eigenvalue weighted by atomic mass is 10.1. The second-order valence-corrected chi connectivity index (χ2v) is 7.03. The third-order valence-electron chi connectivity index (χ3n) is 4.80. The van der Waals surface area contributed by atoms with E-state index in [4.69, 9.17) is 16.3 Å². The Hall–Kier alpha value is -3.23. The molecular formula is C20H17ClN4O4. The van der Waals surface area contributed by atoms with E-state index in [2.05, 4.69) is 10.1 Å². The lowest BCUT2D eigenvalue weighted by Gasteiger charge is -2.11. The quantitative estimate of drug-likeness (QED) is 0.540. The van der Waals surface area contributed by atoms with Gasteiger partial charge in [-0.15, -0.1) is 0 Å². The molecule has 0 fully saturated rings. The van der Waals surface area contributed by atoms with Crippen LogP contribution >= 0.6 is 11.6 Å². The molecule has 8 nitrogen and oxygen atoms in total. The van der Waals surface area contributed by atoms with Crippen LogP contribution in [-0.2, 0) is 16.1 Å². The van der Waals surface area contributed by atoms with Crippen molar-refractivity contribution in [2.45, 2.75) is 19.6 Å². The smallest absolute Gasteiger partial charge is 0.326 e. The van der Waals surface area contributed by atoms with E-state index in [0.717, 1.165) is 15.7 Å². The van der Waals surface area contributed by atoms with Gasteiger partial charge in [0.1, 0.15) is 6.04 Å². The third kappa shape index (κ3) is 3.16. The van der Waals surface area contributed by atoms with Crippen LogP contribution in [0.2, 0.25) is 5.02 Å². The summed E-state index contributed by atoms with van der Waals surface area (Å²) in [6, 6.07) is 7.98. The third-order valence-corrected chi connectivity index (χ3v) is 5.05. The van der Waals surface area contributed by atoms with E-state index in [0.29, 0.717) is 21.9 Å². The maximum absolute atomic E-state index is 12.8. The molecule has 0 saturated carbocycles. The Bertz CT molecular complexity index is 1290. The number of ether oxygens (including phenoxy) is 1. The van der Waals surface area contributed by atoms with E-state index in [1.165, 1.54) is 19.3 Å². The van der Waals surface area contributed by atoms with Crippen molar-refractivity contribution in [3.8, 4) is 11.1 Å². The Morgan fingerprint density at radius 3 is 2.66 bits per heavy atom. The van der Waals surface area contributed by atoms with Crippen LogP contribution < -0.4 is 5.56 Å². The fourth-order valence-electron chi connectivity index (χ4n) is 3.30. The van der Waals surface area contributed by atoms with Gasteiger partial charge in [-0.25, -0.2) is 14.3 Å². The van der Waals surface area contributed by atoms with Gasteiger partial charge in [0.15, 0.2) is 5.65 Å². The molecule has 0 amide bonds. The molecule has 0 spiro atoms. The fourth-order valence-corrected chi connectivity index (χ4v) is 3.43. The average molecular weight is 413 g/mol. The summed E-state index contributed by atoms with van der Waals surface area (Å²) < 4.78 is 8.05. The van der Waals surface area contributed by atoms with Gasteiger partial charge >= 0.3 is 5.97 Å². The van der Waals surface area contributed by atoms with Gasteiger partial charge < -0.3 is 14.4 Å². The summed E-state index contributed by atoms with van der Waals surface area (Å²) in [5, 5.41) is 14.7. The molecule has 0 aliphatic heterocycles. The highest BCUT2D eigenvalue weighted by Gasteiger charge is 2.20. The molecule has 0 bridgehead atoms. The molecule has 3 heterocycles. The number of rotatable bonds is 5. The summed E-state index contributed by atoms with van der Waals surface area (Å²) in [5.41, 5.74) is 2.98. The fraction of sp³-hybridized carbons (Fsp3) is 0.200. The number of hydrogen-bond acceptors (Lipinski definition) is 5. The summed E-state index contributed by atoms with van der Waals surface area (Å²) in [6.45, 7) is 1.71. The van der Waals surface area contributed by atoms with Crippen LogP contribution in [0, 0.1) is 0 Å². The number of benzene rings is 1. The van der Waals surface area contributed by atoms with E-state index in [1.54, 1.807) is 29.8 Å². The van der Waals surface area contributed by atoms with Gasteiger partial charge in [-0.2, -0.15) is 5.10 Å². The monoisotopic (exact) mass is 412 g/mol. The summed E-state index contributed by atoms with van der Waals surface area (Å²) in [4.78, 5) is 28.6. The van der Waals surface area contributed by atoms with E-state index < -0.39 is 17.6 Å². The van der Waals surface area contributed by atoms with Crippen molar-refractivity contribution in [1.29, 1.82) is 0 Å². The van der Waals surface area contributed by atoms with Gasteiger partial charge in [0, 0.05) is 24.5 Å². The van der Waals surface area contributed by atoms with Gasteiger partial charge in [0.25, 0.3) is 5.56 Å². The molecular weight excluding hydrogens is 396 g/mol. The number of nitrogens with zero attached hydrogens (tertiary/aromatic N) is 4. The number of aromatic nitrogens is 4. The molecule has 0 aliphatic rings. The normalized spacial score (nSPS) is 12.5. The van der Waals surface area contributed by atoms with Gasteiger partial charge in [-0.1, -0.05) is 23.7 Å². The largest absolute Gasteiger partial charge is 0.480 e. The minimum absolute atomic E-state index is 0.260. The minimum Gasteiger partial charge on any atom is -0.480 e. The molecule has 9 heteroatoms. The number of carboxylic acids is 1. The Labute approximate surface area is 169 Å². The highest BCUT2D eigenvalue weighted by Crippen LogP contribution is 2.30. The zero-order chi connectivity index (χ0) is 20.7. The van der Waals surface area contributed by atoms with Crippen molar-refractivity contribution < 1.29 is 14.6 Å². The topological polar surface area (TPSA) is 98.7 Å². The molecule has 1 N–H and O–H groups in total. The standard InChI is InChI=1S/C20H17ClN4O4/c1-11(20(27)28)24-8-7-16-14(19(24)26)9-22-18-17(12-3-5-13(21)6-4-12)15(10-29-2)23-25(16)18/h3-9,11H,10H2,1-2H3,(H,27,28)/t11-/m1/s1. The number of hydrogen-bond donors (Lipinski definition) is 1. The first-order valence-corrected chi connectivity index (χ1v) is 9.19. The molecule has 4 rings (SSSR count). The van der Waals surface area contributed by atoms with Crippen molar-refractivity contribution in [3.05, 3.63) is 63.8 Å². The first-order valence-electron chi connectivity index (χ1n) is 8.81. The Morgan fingerprint density at radius 2 is 2.00 bits per heavy atom. The van der Waals surface area contributed by atoms with Crippen molar-refractivity contribution >= 4 is 34.1 Å². The zero-order valence-electron chi connectivity index (χ0n) is 15.7. The Kier molecular flexibility index (Phi) is 4.81. The van der Waals surface area contributed by atoms with Gasteiger partial charge in [-0.3, -0.25) is 4.79 Å². The van der Waals surface area contributed by atoms with Crippen LogP contribution in [0.15, 0.2) is 47.5 Å². The van der Waals surface area contributed by atoms with Crippen molar-refractivity contribution in [2.75, 3.05) is 7.11 Å². The van der Waals surface area contributed by atoms with Crippen LogP contribution in [0.1, 0.15) is 18.7 Å². The van der Waals surface area contributed by atoms with E-state index >= 15 is 0 Å². The molecule has 148 valence electrons. The van der Waals surface area contributed by atoms with Crippen LogP contribution in [0.5, 0.6) is 0 Å². The number of methoxy groups -OCH3 is 1. The molecule has 3 aromatic heterocycles. The first kappa shape index (κ1) is 19.1. The van der Waals surface area contributed by atoms with Crippen molar-refractivity contribution in [3.63, 3.8) is 0 Å². The number of pyridine rings is 1. The number of carboxylic acid groups (broad SMARTS) is 1. The lowest BCUT2D eigenvalue weighted by molar-refractivity contribution is -0.140. The summed E-state index contributed by atoms with van der Waals surface area (Å²) in [7, 11) is 1.58. The second kappa shape index (κ2) is 7.31. The molecule has 0 unspecified atom stereocenters. The molecule has 1 atom stereocenters. The highest BCUT2D eigenvalue weighted by molar-refractivity contribution is 6.30. The van der Waals surface area contributed by atoms with Gasteiger partial charge in [0.05, 0.1) is 28.8 Å². The van der Waals surface area contributed by atoms with Crippen LogP contribution in [-0.4, -0.2) is 37.4 Å². The number of halogens is 1. The number of carbonyl (C=O) groups is 1. The first-order chi connectivity index (χ1) is 13.9. The van der Waals surface area contributed by atoms with Crippen LogP contribution in [0.3, 0.4) is 0 Å². The average Bonchev–Trinajstić information content (AvgIpc) is 3.07. The van der Waals surface area contributed by atoms with Crippen molar-refractivity contribution in [1.82, 2.24) is 19.2 Å². The number of fused-ring (bicyclic) bond motifs is 3. The zero-order valence-corrected chi connectivity index (χ0v) is 16.4. The van der Waals surface area contributed by atoms with E-state index in [9.17, 15) is 14.7 Å². The molecule has 0 radical (unpaired) electrons. The Balaban J connectivity index is 2.01. The lowest BCUT2D eigenvalue weighted by Crippen LogP contribution is -2.28. The highest BCUT2D eigenvalue weighted by atomic mass is 35.5. The number of aliphatic carboxylic acids is 1. The van der Waals surface area contributed by atoms with Crippen molar-refractivity contribution in [2.24, 2.45) is 0 Å². The van der Waals surface area contributed by atoms with E-state index in [1.807, 2.05) is 12.1 Å². The molecule has 0 saturated heterocycles. The summed E-state index contributed by atoms with van der Waals surface area (Å²) >= 11 is 6.01. The maximum Gasteiger partial charge on any atom is 0.326 e. The SMILES string of the molecule is COCc1nn2c(ncc3c(=O)n([C@H](C)C(=O)O)ccc32)c1-c1ccc(Cl)cc1. The molecule has 1 aromatic carbocycles. The van der Waals surface area contributed by atoms with Crippen LogP contribution in [0.4, 0.5) is 0 Å². The predicted molar refractivity (Wildman–Crippen MR) is 108 cm³/mol.